The number of rotatable bonds is 4. The van der Waals surface area contributed by atoms with Crippen molar-refractivity contribution in [2.24, 2.45) is 0 Å². The van der Waals surface area contributed by atoms with E-state index in [1.165, 1.54) is 0 Å². The maximum atomic E-state index is 12.3. The zero-order valence-corrected chi connectivity index (χ0v) is 12.8. The van der Waals surface area contributed by atoms with Gasteiger partial charge in [0.25, 0.3) is 5.91 Å². The zero-order chi connectivity index (χ0) is 15.5. The number of benzene rings is 2. The average Bonchev–Trinajstić information content (AvgIpc) is 2.91. The predicted molar refractivity (Wildman–Crippen MR) is 88.4 cm³/mol. The van der Waals surface area contributed by atoms with Crippen molar-refractivity contribution in [3.8, 4) is 0 Å². The van der Waals surface area contributed by atoms with Crippen molar-refractivity contribution in [2.45, 2.75) is 6.61 Å². The smallest absolute Gasteiger partial charge is 0.272 e. The largest absolute Gasteiger partial charge is 0.380 e. The molecular formula is C17H15ClN2O2. The number of aromatic amines is 1. The highest BCUT2D eigenvalue weighted by Crippen LogP contribution is 2.21. The first kappa shape index (κ1) is 14.6. The molecule has 0 radical (unpaired) electrons. The van der Waals surface area contributed by atoms with Crippen LogP contribution in [0.4, 0.5) is 5.69 Å². The number of carbonyl (C=O) groups excluding carboxylic acids is 1. The topological polar surface area (TPSA) is 54.1 Å². The predicted octanol–water partition coefficient (Wildman–Crippen LogP) is 4.22. The number of nitrogens with one attached hydrogen (secondary N) is 2. The lowest BCUT2D eigenvalue weighted by atomic mass is 10.2. The first-order chi connectivity index (χ1) is 10.7. The molecule has 3 aromatic rings. The average molecular weight is 315 g/mol. The second kappa shape index (κ2) is 6.22. The number of amides is 1. The monoisotopic (exact) mass is 314 g/mol. The molecule has 0 spiro atoms. The maximum Gasteiger partial charge on any atom is 0.272 e. The summed E-state index contributed by atoms with van der Waals surface area (Å²) in [5.74, 6) is -0.193. The Hall–Kier alpha value is -2.30. The summed E-state index contributed by atoms with van der Waals surface area (Å²) in [6, 6.07) is 14.8. The summed E-state index contributed by atoms with van der Waals surface area (Å²) in [4.78, 5) is 15.4. The van der Waals surface area contributed by atoms with Crippen molar-refractivity contribution in [1.29, 1.82) is 0 Å². The summed E-state index contributed by atoms with van der Waals surface area (Å²) in [6.45, 7) is 0.509. The second-order valence-corrected chi connectivity index (χ2v) is 5.44. The molecule has 0 aliphatic rings. The summed E-state index contributed by atoms with van der Waals surface area (Å²) in [6.07, 6.45) is 0. The first-order valence-electron chi connectivity index (χ1n) is 6.83. The highest BCUT2D eigenvalue weighted by molar-refractivity contribution is 6.31. The number of methoxy groups -OCH3 is 1. The Morgan fingerprint density at radius 2 is 2.09 bits per heavy atom. The lowest BCUT2D eigenvalue weighted by molar-refractivity contribution is 0.102. The lowest BCUT2D eigenvalue weighted by Crippen LogP contribution is -2.12. The van der Waals surface area contributed by atoms with E-state index in [2.05, 4.69) is 10.3 Å². The molecule has 0 atom stereocenters. The minimum Gasteiger partial charge on any atom is -0.380 e. The minimum absolute atomic E-state index is 0.193. The normalized spacial score (nSPS) is 10.8. The third-order valence-corrected chi connectivity index (χ3v) is 3.56. The molecule has 4 nitrogen and oxygen atoms in total. The van der Waals surface area contributed by atoms with Crippen LogP contribution < -0.4 is 5.32 Å². The van der Waals surface area contributed by atoms with Crippen LogP contribution in [0.15, 0.2) is 48.5 Å². The number of H-pyrrole nitrogens is 1. The van der Waals surface area contributed by atoms with Gasteiger partial charge in [-0.15, -0.1) is 0 Å². The van der Waals surface area contributed by atoms with Crippen molar-refractivity contribution in [3.63, 3.8) is 0 Å². The fraction of sp³-hybridized carbons (Fsp3) is 0.118. The van der Waals surface area contributed by atoms with Crippen LogP contribution >= 0.6 is 11.6 Å². The van der Waals surface area contributed by atoms with Gasteiger partial charge in [-0.05, 0) is 42.0 Å². The molecule has 1 amide bonds. The highest BCUT2D eigenvalue weighted by atomic mass is 35.5. The van der Waals surface area contributed by atoms with Crippen LogP contribution in [0.2, 0.25) is 5.02 Å². The van der Waals surface area contributed by atoms with Crippen LogP contribution in [0.3, 0.4) is 0 Å². The summed E-state index contributed by atoms with van der Waals surface area (Å²) in [5.41, 5.74) is 3.11. The van der Waals surface area contributed by atoms with Crippen LogP contribution in [-0.2, 0) is 11.3 Å². The van der Waals surface area contributed by atoms with Crippen molar-refractivity contribution in [1.82, 2.24) is 4.98 Å². The molecule has 0 saturated heterocycles. The van der Waals surface area contributed by atoms with E-state index in [1.807, 2.05) is 36.4 Å². The number of carbonyl (C=O) groups is 1. The fourth-order valence-electron chi connectivity index (χ4n) is 2.33. The molecule has 3 rings (SSSR count). The van der Waals surface area contributed by atoms with Crippen LogP contribution in [-0.4, -0.2) is 18.0 Å². The first-order valence-corrected chi connectivity index (χ1v) is 7.21. The molecule has 2 N–H and O–H groups in total. The quantitative estimate of drug-likeness (QED) is 0.757. The molecule has 22 heavy (non-hydrogen) atoms. The van der Waals surface area contributed by atoms with E-state index in [0.717, 1.165) is 22.2 Å². The van der Waals surface area contributed by atoms with Crippen molar-refractivity contribution in [2.75, 3.05) is 12.4 Å². The van der Waals surface area contributed by atoms with Crippen molar-refractivity contribution >= 4 is 34.1 Å². The Morgan fingerprint density at radius 1 is 1.23 bits per heavy atom. The second-order valence-electron chi connectivity index (χ2n) is 5.00. The van der Waals surface area contributed by atoms with Crippen molar-refractivity contribution in [3.05, 3.63) is 64.8 Å². The van der Waals surface area contributed by atoms with Gasteiger partial charge in [0.05, 0.1) is 6.61 Å². The number of hydrogen-bond acceptors (Lipinski definition) is 2. The molecule has 1 aromatic heterocycles. The molecule has 2 aromatic carbocycles. The van der Waals surface area contributed by atoms with Gasteiger partial charge in [-0.3, -0.25) is 4.79 Å². The van der Waals surface area contributed by atoms with E-state index >= 15 is 0 Å². The number of aromatic nitrogens is 1. The highest BCUT2D eigenvalue weighted by Gasteiger charge is 2.10. The maximum absolute atomic E-state index is 12.3. The van der Waals surface area contributed by atoms with Crippen molar-refractivity contribution < 1.29 is 9.53 Å². The molecule has 5 heteroatoms. The van der Waals surface area contributed by atoms with Crippen LogP contribution in [0.5, 0.6) is 0 Å². The molecule has 0 bridgehead atoms. The number of anilines is 1. The molecule has 0 aliphatic carbocycles. The molecule has 0 saturated carbocycles. The summed E-state index contributed by atoms with van der Waals surface area (Å²) >= 11 is 5.96. The van der Waals surface area contributed by atoms with Gasteiger partial charge in [-0.25, -0.2) is 0 Å². The van der Waals surface area contributed by atoms with Gasteiger partial charge in [0.2, 0.25) is 0 Å². The molecular weight excluding hydrogens is 300 g/mol. The third kappa shape index (κ3) is 3.13. The van der Waals surface area contributed by atoms with Gasteiger partial charge < -0.3 is 15.0 Å². The van der Waals surface area contributed by atoms with E-state index in [4.69, 9.17) is 16.3 Å². The Kier molecular flexibility index (Phi) is 4.13. The van der Waals surface area contributed by atoms with Gasteiger partial charge in [0, 0.05) is 28.7 Å². The Bertz CT molecular complexity index is 826. The Balaban J connectivity index is 1.82. The van der Waals surface area contributed by atoms with E-state index in [0.29, 0.717) is 17.3 Å². The fourth-order valence-corrected chi connectivity index (χ4v) is 2.51. The van der Waals surface area contributed by atoms with E-state index < -0.39 is 0 Å². The number of hydrogen-bond donors (Lipinski definition) is 2. The molecule has 1 heterocycles. The van der Waals surface area contributed by atoms with E-state index in [9.17, 15) is 4.79 Å². The Morgan fingerprint density at radius 3 is 2.91 bits per heavy atom. The number of halogens is 1. The standard InChI is InChI=1S/C17H15ClN2O2/c1-22-10-11-3-2-4-14(7-11)19-17(21)16-9-12-8-13(18)5-6-15(12)20-16/h2-9,20H,10H2,1H3,(H,19,21). The molecule has 112 valence electrons. The van der Waals surface area contributed by atoms with Gasteiger partial charge in [0.15, 0.2) is 0 Å². The summed E-state index contributed by atoms with van der Waals surface area (Å²) in [5, 5.41) is 4.43. The minimum atomic E-state index is -0.193. The third-order valence-electron chi connectivity index (χ3n) is 3.32. The molecule has 0 unspecified atom stereocenters. The summed E-state index contributed by atoms with van der Waals surface area (Å²) < 4.78 is 5.09. The zero-order valence-electron chi connectivity index (χ0n) is 12.0. The van der Waals surface area contributed by atoms with E-state index in [-0.39, 0.29) is 5.91 Å². The van der Waals surface area contributed by atoms with Gasteiger partial charge in [0.1, 0.15) is 5.69 Å². The van der Waals surface area contributed by atoms with Crippen LogP contribution in [0.1, 0.15) is 16.1 Å². The molecule has 0 aliphatic heterocycles. The number of fused-ring (bicyclic) bond motifs is 1. The van der Waals surface area contributed by atoms with Crippen LogP contribution in [0.25, 0.3) is 10.9 Å². The lowest BCUT2D eigenvalue weighted by Gasteiger charge is -2.06. The Labute approximate surface area is 133 Å². The molecule has 0 fully saturated rings. The van der Waals surface area contributed by atoms with Crippen LogP contribution in [0, 0.1) is 0 Å². The summed E-state index contributed by atoms with van der Waals surface area (Å²) in [7, 11) is 1.64. The van der Waals surface area contributed by atoms with Gasteiger partial charge >= 0.3 is 0 Å². The van der Waals surface area contributed by atoms with E-state index in [1.54, 1.807) is 19.2 Å². The van der Waals surface area contributed by atoms with Gasteiger partial charge in [-0.1, -0.05) is 23.7 Å². The number of ether oxygens (including phenoxy) is 1. The van der Waals surface area contributed by atoms with Gasteiger partial charge in [-0.2, -0.15) is 0 Å². The SMILES string of the molecule is COCc1cccc(NC(=O)c2cc3cc(Cl)ccc3[nH]2)c1.